The molecule has 0 fully saturated rings. The maximum atomic E-state index is 5.53. The van der Waals surface area contributed by atoms with E-state index < -0.39 is 0 Å². The molecule has 0 saturated carbocycles. The zero-order valence-electron chi connectivity index (χ0n) is 11.4. The molecule has 3 rings (SSSR count). The van der Waals surface area contributed by atoms with Crippen LogP contribution in [0.5, 0.6) is 5.75 Å². The third kappa shape index (κ3) is 3.41. The van der Waals surface area contributed by atoms with Crippen molar-refractivity contribution in [1.29, 1.82) is 0 Å². The van der Waals surface area contributed by atoms with E-state index in [4.69, 9.17) is 4.74 Å². The van der Waals surface area contributed by atoms with Crippen molar-refractivity contribution in [2.24, 2.45) is 0 Å². The second-order valence-corrected chi connectivity index (χ2v) is 6.01. The van der Waals surface area contributed by atoms with E-state index in [1.165, 1.54) is 16.7 Å². The van der Waals surface area contributed by atoms with Gasteiger partial charge >= 0.3 is 0 Å². The van der Waals surface area contributed by atoms with Crippen LogP contribution in [0.2, 0.25) is 0 Å². The normalized spacial score (nSPS) is 13.1. The minimum absolute atomic E-state index is 0.834. The quantitative estimate of drug-likeness (QED) is 0.843. The zero-order chi connectivity index (χ0) is 13.8. The number of fused-ring (bicyclic) bond motifs is 1. The SMILES string of the molecule is Brc1ccc(CNCCc2ccc3c(c2)CCO3)cc1. The molecule has 0 bridgehead atoms. The van der Waals surface area contributed by atoms with Crippen molar-refractivity contribution in [3.05, 3.63) is 63.6 Å². The van der Waals surface area contributed by atoms with Gasteiger partial charge in [0.25, 0.3) is 0 Å². The van der Waals surface area contributed by atoms with E-state index in [1.807, 2.05) is 0 Å². The van der Waals surface area contributed by atoms with Crippen molar-refractivity contribution in [2.45, 2.75) is 19.4 Å². The summed E-state index contributed by atoms with van der Waals surface area (Å²) in [6.07, 6.45) is 2.11. The first-order chi connectivity index (χ1) is 9.81. The summed E-state index contributed by atoms with van der Waals surface area (Å²) in [7, 11) is 0. The summed E-state index contributed by atoms with van der Waals surface area (Å²) in [6.45, 7) is 2.75. The number of halogens is 1. The number of hydrogen-bond acceptors (Lipinski definition) is 2. The van der Waals surface area contributed by atoms with Gasteiger partial charge < -0.3 is 10.1 Å². The molecular formula is C17H18BrNO. The Morgan fingerprint density at radius 1 is 1.05 bits per heavy atom. The monoisotopic (exact) mass is 331 g/mol. The Morgan fingerprint density at radius 2 is 1.85 bits per heavy atom. The van der Waals surface area contributed by atoms with E-state index in [0.717, 1.165) is 42.8 Å². The Labute approximate surface area is 128 Å². The summed E-state index contributed by atoms with van der Waals surface area (Å²) in [5.74, 6) is 1.07. The van der Waals surface area contributed by atoms with Crippen molar-refractivity contribution < 1.29 is 4.74 Å². The lowest BCUT2D eigenvalue weighted by molar-refractivity contribution is 0.357. The highest BCUT2D eigenvalue weighted by Gasteiger charge is 2.11. The van der Waals surface area contributed by atoms with Crippen LogP contribution >= 0.6 is 15.9 Å². The second kappa shape index (κ2) is 6.42. The van der Waals surface area contributed by atoms with Crippen LogP contribution in [-0.2, 0) is 19.4 Å². The third-order valence-electron chi connectivity index (χ3n) is 3.59. The van der Waals surface area contributed by atoms with Gasteiger partial charge in [0.15, 0.2) is 0 Å². The molecule has 0 radical (unpaired) electrons. The van der Waals surface area contributed by atoms with Gasteiger partial charge in [0.1, 0.15) is 5.75 Å². The lowest BCUT2D eigenvalue weighted by Gasteiger charge is -2.07. The van der Waals surface area contributed by atoms with Crippen LogP contribution in [0.1, 0.15) is 16.7 Å². The van der Waals surface area contributed by atoms with Crippen LogP contribution in [0.4, 0.5) is 0 Å². The molecule has 2 aromatic rings. The van der Waals surface area contributed by atoms with Gasteiger partial charge in [-0.25, -0.2) is 0 Å². The lowest BCUT2D eigenvalue weighted by Crippen LogP contribution is -2.16. The zero-order valence-corrected chi connectivity index (χ0v) is 12.9. The number of ether oxygens (including phenoxy) is 1. The van der Waals surface area contributed by atoms with Gasteiger partial charge in [-0.3, -0.25) is 0 Å². The number of benzene rings is 2. The van der Waals surface area contributed by atoms with Gasteiger partial charge in [0.05, 0.1) is 6.61 Å². The van der Waals surface area contributed by atoms with Gasteiger partial charge in [-0.1, -0.05) is 40.2 Å². The van der Waals surface area contributed by atoms with E-state index in [9.17, 15) is 0 Å². The van der Waals surface area contributed by atoms with Gasteiger partial charge in [-0.15, -0.1) is 0 Å². The minimum atomic E-state index is 0.834. The lowest BCUT2D eigenvalue weighted by atomic mass is 10.1. The fourth-order valence-electron chi connectivity index (χ4n) is 2.46. The van der Waals surface area contributed by atoms with Gasteiger partial charge in [-0.2, -0.15) is 0 Å². The molecular weight excluding hydrogens is 314 g/mol. The third-order valence-corrected chi connectivity index (χ3v) is 4.12. The average Bonchev–Trinajstić information content (AvgIpc) is 2.93. The average molecular weight is 332 g/mol. The molecule has 1 heterocycles. The highest BCUT2D eigenvalue weighted by atomic mass is 79.9. The van der Waals surface area contributed by atoms with Crippen molar-refractivity contribution in [3.63, 3.8) is 0 Å². The summed E-state index contributed by atoms with van der Waals surface area (Å²) in [6, 6.07) is 15.0. The highest BCUT2D eigenvalue weighted by Crippen LogP contribution is 2.25. The molecule has 104 valence electrons. The van der Waals surface area contributed by atoms with Crippen LogP contribution in [0.15, 0.2) is 46.9 Å². The Bertz CT molecular complexity index is 580. The summed E-state index contributed by atoms with van der Waals surface area (Å²) < 4.78 is 6.65. The first-order valence-electron chi connectivity index (χ1n) is 7.01. The largest absolute Gasteiger partial charge is 0.493 e. The summed E-state index contributed by atoms with van der Waals surface area (Å²) in [5, 5.41) is 3.49. The molecule has 0 aromatic heterocycles. The minimum Gasteiger partial charge on any atom is -0.493 e. The van der Waals surface area contributed by atoms with Crippen molar-refractivity contribution in [2.75, 3.05) is 13.2 Å². The van der Waals surface area contributed by atoms with Crippen molar-refractivity contribution in [3.8, 4) is 5.75 Å². The first-order valence-corrected chi connectivity index (χ1v) is 7.80. The Hall–Kier alpha value is -1.32. The fraction of sp³-hybridized carbons (Fsp3) is 0.294. The molecule has 2 aromatic carbocycles. The van der Waals surface area contributed by atoms with Gasteiger partial charge in [0, 0.05) is 17.4 Å². The number of nitrogens with one attached hydrogen (secondary N) is 1. The van der Waals surface area contributed by atoms with Crippen LogP contribution in [-0.4, -0.2) is 13.2 Å². The molecule has 3 heteroatoms. The number of hydrogen-bond donors (Lipinski definition) is 1. The second-order valence-electron chi connectivity index (χ2n) is 5.09. The summed E-state index contributed by atoms with van der Waals surface area (Å²) in [4.78, 5) is 0. The molecule has 20 heavy (non-hydrogen) atoms. The predicted octanol–water partition coefficient (Wildman–Crippen LogP) is 3.72. The van der Waals surface area contributed by atoms with Crippen LogP contribution in [0, 0.1) is 0 Å². The molecule has 0 saturated heterocycles. The Balaban J connectivity index is 1.47. The molecule has 1 aliphatic rings. The molecule has 2 nitrogen and oxygen atoms in total. The maximum Gasteiger partial charge on any atom is 0.122 e. The first kappa shape index (κ1) is 13.7. The van der Waals surface area contributed by atoms with E-state index in [2.05, 4.69) is 63.7 Å². The summed E-state index contributed by atoms with van der Waals surface area (Å²) in [5.41, 5.74) is 4.06. The molecule has 0 amide bonds. The van der Waals surface area contributed by atoms with E-state index in [-0.39, 0.29) is 0 Å². The van der Waals surface area contributed by atoms with Crippen LogP contribution in [0.3, 0.4) is 0 Å². The molecule has 1 N–H and O–H groups in total. The fourth-order valence-corrected chi connectivity index (χ4v) is 2.73. The van der Waals surface area contributed by atoms with Crippen molar-refractivity contribution in [1.82, 2.24) is 5.32 Å². The number of rotatable bonds is 5. The topological polar surface area (TPSA) is 21.3 Å². The summed E-state index contributed by atoms with van der Waals surface area (Å²) >= 11 is 3.45. The maximum absolute atomic E-state index is 5.53. The molecule has 0 aliphatic carbocycles. The Kier molecular flexibility index (Phi) is 4.38. The van der Waals surface area contributed by atoms with Gasteiger partial charge in [-0.05, 0) is 47.9 Å². The standard InChI is InChI=1S/C17H18BrNO/c18-16-4-1-14(2-5-16)12-19-9-7-13-3-6-17-15(11-13)8-10-20-17/h1-6,11,19H,7-10,12H2. The molecule has 0 spiro atoms. The molecule has 0 unspecified atom stereocenters. The van der Waals surface area contributed by atoms with Gasteiger partial charge in [0.2, 0.25) is 0 Å². The molecule has 1 aliphatic heterocycles. The van der Waals surface area contributed by atoms with E-state index in [0.29, 0.717) is 0 Å². The molecule has 0 atom stereocenters. The smallest absolute Gasteiger partial charge is 0.122 e. The van der Waals surface area contributed by atoms with Crippen LogP contribution < -0.4 is 10.1 Å². The highest BCUT2D eigenvalue weighted by molar-refractivity contribution is 9.10. The van der Waals surface area contributed by atoms with Crippen molar-refractivity contribution >= 4 is 15.9 Å². The predicted molar refractivity (Wildman–Crippen MR) is 85.2 cm³/mol. The van der Waals surface area contributed by atoms with E-state index in [1.54, 1.807) is 0 Å². The Morgan fingerprint density at radius 3 is 2.70 bits per heavy atom. The van der Waals surface area contributed by atoms with E-state index >= 15 is 0 Å². The van der Waals surface area contributed by atoms with Crippen LogP contribution in [0.25, 0.3) is 0 Å².